The molecule has 0 aliphatic heterocycles. The monoisotopic (exact) mass is 784 g/mol. The maximum absolute atomic E-state index is 13.7. The predicted octanol–water partition coefficient (Wildman–Crippen LogP) is 1.19. The molecule has 0 aliphatic carbocycles. The number of carbonyl (C=O) groups is 7. The third-order valence-corrected chi connectivity index (χ3v) is 8.44. The molecule has 15 heteroatoms. The van der Waals surface area contributed by atoms with Gasteiger partial charge in [0.1, 0.15) is 24.2 Å². The van der Waals surface area contributed by atoms with Crippen LogP contribution in [0.1, 0.15) is 31.4 Å². The van der Waals surface area contributed by atoms with Gasteiger partial charge in [0.05, 0.1) is 39.4 Å². The average Bonchev–Trinajstić information content (AvgIpc) is 3.18. The highest BCUT2D eigenvalue weighted by Gasteiger charge is 2.33. The molecule has 0 bridgehead atoms. The molecule has 7 N–H and O–H groups in total. The normalized spacial score (nSPS) is 13.0. The van der Waals surface area contributed by atoms with E-state index in [-0.39, 0.29) is 45.0 Å². The number of primary amides is 1. The van der Waals surface area contributed by atoms with E-state index < -0.39 is 78.5 Å². The van der Waals surface area contributed by atoms with Crippen LogP contribution in [0.25, 0.3) is 10.8 Å². The molecule has 304 valence electrons. The summed E-state index contributed by atoms with van der Waals surface area (Å²) < 4.78 is 10.9. The molecule has 4 atom stereocenters. The van der Waals surface area contributed by atoms with E-state index in [1.165, 1.54) is 12.2 Å². The third-order valence-electron chi connectivity index (χ3n) is 8.44. The number of amides is 6. The highest BCUT2D eigenvalue weighted by Crippen LogP contribution is 2.17. The summed E-state index contributed by atoms with van der Waals surface area (Å²) in [6.45, 7) is 9.52. The van der Waals surface area contributed by atoms with Crippen LogP contribution in [0.2, 0.25) is 0 Å². The summed E-state index contributed by atoms with van der Waals surface area (Å²) in [5.74, 6) is -6.03. The van der Waals surface area contributed by atoms with Gasteiger partial charge in [-0.1, -0.05) is 98.8 Å². The fourth-order valence-corrected chi connectivity index (χ4v) is 5.65. The molecule has 0 saturated heterocycles. The minimum Gasteiger partial charge on any atom is -0.375 e. The Morgan fingerprint density at radius 1 is 0.667 bits per heavy atom. The van der Waals surface area contributed by atoms with Gasteiger partial charge in [0, 0.05) is 6.42 Å². The van der Waals surface area contributed by atoms with Gasteiger partial charge in [-0.15, -0.1) is 13.2 Å². The summed E-state index contributed by atoms with van der Waals surface area (Å²) in [6.07, 6.45) is 3.09. The molecule has 0 fully saturated rings. The van der Waals surface area contributed by atoms with Crippen LogP contribution < -0.4 is 32.3 Å². The number of nitrogens with one attached hydrogen (secondary N) is 5. The molecule has 3 unspecified atom stereocenters. The summed E-state index contributed by atoms with van der Waals surface area (Å²) in [5, 5.41) is 14.4. The zero-order chi connectivity index (χ0) is 41.7. The van der Waals surface area contributed by atoms with E-state index in [9.17, 15) is 33.6 Å². The lowest BCUT2D eigenvalue weighted by molar-refractivity contribution is -0.142. The molecule has 0 radical (unpaired) electrons. The van der Waals surface area contributed by atoms with Crippen LogP contribution in [0.15, 0.2) is 98.1 Å². The maximum Gasteiger partial charge on any atom is 0.290 e. The van der Waals surface area contributed by atoms with Crippen molar-refractivity contribution in [1.82, 2.24) is 26.6 Å². The molecule has 57 heavy (non-hydrogen) atoms. The summed E-state index contributed by atoms with van der Waals surface area (Å²) in [7, 11) is 0. The molecular weight excluding hydrogens is 732 g/mol. The number of hydrogen-bond donors (Lipinski definition) is 6. The molecule has 0 aromatic heterocycles. The summed E-state index contributed by atoms with van der Waals surface area (Å²) in [5.41, 5.74) is 7.03. The average molecular weight is 785 g/mol. The zero-order valence-corrected chi connectivity index (χ0v) is 32.3. The molecule has 0 spiro atoms. The van der Waals surface area contributed by atoms with E-state index in [4.69, 9.17) is 15.2 Å². The molecule has 6 amide bonds. The van der Waals surface area contributed by atoms with Gasteiger partial charge in [0.25, 0.3) is 5.91 Å². The number of ketones is 1. The van der Waals surface area contributed by atoms with Crippen molar-refractivity contribution in [2.45, 2.75) is 57.3 Å². The van der Waals surface area contributed by atoms with Gasteiger partial charge < -0.3 is 41.8 Å². The molecule has 3 aromatic rings. The second-order valence-corrected chi connectivity index (χ2v) is 13.6. The Balaban J connectivity index is 1.66. The van der Waals surface area contributed by atoms with Crippen molar-refractivity contribution in [3.05, 3.63) is 109 Å². The number of hydrogen-bond acceptors (Lipinski definition) is 9. The topological polar surface area (TPSA) is 224 Å². The van der Waals surface area contributed by atoms with Crippen molar-refractivity contribution >= 4 is 52.0 Å². The van der Waals surface area contributed by atoms with Gasteiger partial charge in [0.15, 0.2) is 0 Å². The molecule has 15 nitrogen and oxygen atoms in total. The summed E-state index contributed by atoms with van der Waals surface area (Å²) in [4.78, 5) is 91.5. The van der Waals surface area contributed by atoms with Crippen LogP contribution in [0, 0.1) is 5.92 Å². The minimum absolute atomic E-state index is 0.00272. The molecule has 0 heterocycles. The Morgan fingerprint density at radius 3 is 1.88 bits per heavy atom. The number of Topliss-reactive ketones (excluding diaryl/α,β-unsaturated/α-hetero) is 1. The highest BCUT2D eigenvalue weighted by molar-refractivity contribution is 6.38. The van der Waals surface area contributed by atoms with Crippen molar-refractivity contribution < 1.29 is 43.0 Å². The Morgan fingerprint density at radius 2 is 1.25 bits per heavy atom. The van der Waals surface area contributed by atoms with Crippen molar-refractivity contribution in [2.75, 3.05) is 33.0 Å². The van der Waals surface area contributed by atoms with Gasteiger partial charge in [-0.05, 0) is 34.2 Å². The van der Waals surface area contributed by atoms with Crippen molar-refractivity contribution in [3.63, 3.8) is 0 Å². The van der Waals surface area contributed by atoms with Crippen molar-refractivity contribution in [3.8, 4) is 0 Å². The smallest absolute Gasteiger partial charge is 0.290 e. The standard InChI is InChI=1S/C42H52N6O9/c1-5-18-56-25-34(38(51)42(55)44-24-37(50)45-32(39(43)52)22-29-16-17-30-14-10-11-15-31(30)21-29)48-40(53)33(20-27(3)4)47-41(54)35(26-57-19-6-2)46-36(49)23-28-12-8-7-9-13-28/h5-17,21,27,32-35H,1-2,18-20,22-26H2,3-4H3,(H2,43,52)(H,44,55)(H,45,50)(H,46,49)(H,47,54)(H,48,53)/t32?,33-,34?,35?/m0/s1. The Kier molecular flexibility index (Phi) is 18.8. The fourth-order valence-electron chi connectivity index (χ4n) is 5.65. The Labute approximate surface area is 332 Å². The lowest BCUT2D eigenvalue weighted by atomic mass is 10.0. The minimum atomic E-state index is -1.53. The van der Waals surface area contributed by atoms with Crippen LogP contribution >= 0.6 is 0 Å². The van der Waals surface area contributed by atoms with Crippen LogP contribution in [-0.4, -0.2) is 98.4 Å². The second-order valence-electron chi connectivity index (χ2n) is 13.6. The predicted molar refractivity (Wildman–Crippen MR) is 214 cm³/mol. The first kappa shape index (κ1) is 45.2. The van der Waals surface area contributed by atoms with Gasteiger partial charge in [-0.3, -0.25) is 33.6 Å². The fraction of sp³-hybridized carbons (Fsp3) is 0.357. The van der Waals surface area contributed by atoms with E-state index in [1.54, 1.807) is 24.3 Å². The molecule has 0 aliphatic rings. The number of rotatable bonds is 25. The first-order valence-electron chi connectivity index (χ1n) is 18.5. The van der Waals surface area contributed by atoms with E-state index in [2.05, 4.69) is 39.7 Å². The van der Waals surface area contributed by atoms with Crippen molar-refractivity contribution in [2.24, 2.45) is 11.7 Å². The molecule has 3 aromatic carbocycles. The maximum atomic E-state index is 13.7. The first-order chi connectivity index (χ1) is 27.3. The van der Waals surface area contributed by atoms with E-state index in [0.29, 0.717) is 0 Å². The number of benzene rings is 3. The van der Waals surface area contributed by atoms with E-state index >= 15 is 0 Å². The van der Waals surface area contributed by atoms with Crippen LogP contribution in [-0.2, 0) is 55.9 Å². The van der Waals surface area contributed by atoms with Crippen LogP contribution in [0.5, 0.6) is 0 Å². The Bertz CT molecular complexity index is 1880. The summed E-state index contributed by atoms with van der Waals surface area (Å²) >= 11 is 0. The number of ether oxygens (including phenoxy) is 2. The quantitative estimate of drug-likeness (QED) is 0.0412. The van der Waals surface area contributed by atoms with Gasteiger partial charge in [-0.25, -0.2) is 0 Å². The molecule has 0 saturated carbocycles. The highest BCUT2D eigenvalue weighted by atomic mass is 16.5. The lowest BCUT2D eigenvalue weighted by Gasteiger charge is -2.26. The summed E-state index contributed by atoms with van der Waals surface area (Å²) in [6, 6.07) is 17.1. The Hall–Kier alpha value is -6.19. The van der Waals surface area contributed by atoms with Crippen molar-refractivity contribution in [1.29, 1.82) is 0 Å². The van der Waals surface area contributed by atoms with Gasteiger partial charge in [0.2, 0.25) is 35.3 Å². The molecular formula is C42H52N6O9. The zero-order valence-electron chi connectivity index (χ0n) is 32.3. The third kappa shape index (κ3) is 15.8. The SMILES string of the molecule is C=CCOCC(NC(=O)Cc1ccccc1)C(=O)N[C@@H](CC(C)C)C(=O)NC(COCC=C)C(=O)C(=O)NCC(=O)NC(Cc1ccc2ccccc2c1)C(N)=O. The lowest BCUT2D eigenvalue weighted by Crippen LogP contribution is -2.59. The van der Waals surface area contributed by atoms with Crippen LogP contribution in [0.4, 0.5) is 0 Å². The van der Waals surface area contributed by atoms with E-state index in [0.717, 1.165) is 21.9 Å². The van der Waals surface area contributed by atoms with Gasteiger partial charge in [-0.2, -0.15) is 0 Å². The molecule has 3 rings (SSSR count). The largest absolute Gasteiger partial charge is 0.375 e. The van der Waals surface area contributed by atoms with Crippen LogP contribution in [0.3, 0.4) is 0 Å². The number of fused-ring (bicyclic) bond motifs is 1. The second kappa shape index (κ2) is 23.7. The van der Waals surface area contributed by atoms with Gasteiger partial charge >= 0.3 is 0 Å². The van der Waals surface area contributed by atoms with E-state index in [1.807, 2.05) is 62.4 Å². The number of nitrogens with two attached hydrogens (primary N) is 1. The first-order valence-corrected chi connectivity index (χ1v) is 18.5. The number of carbonyl (C=O) groups excluding carboxylic acids is 7.